The van der Waals surface area contributed by atoms with E-state index in [9.17, 15) is 19.8 Å². The summed E-state index contributed by atoms with van der Waals surface area (Å²) >= 11 is 0. The minimum Gasteiger partial charge on any atom is -0.394 e. The van der Waals surface area contributed by atoms with Crippen LogP contribution < -0.4 is 11.2 Å². The highest BCUT2D eigenvalue weighted by atomic mass is 16.6. The number of aromatic amines is 1. The number of aliphatic hydroxyl groups excluding tert-OH is 3. The SMILES string of the molecule is O=c1ccn(C2OC(CO)[C@H](O)[C@H]2O)c(=O)[nH]1. The van der Waals surface area contributed by atoms with Gasteiger partial charge in [0.1, 0.15) is 18.3 Å². The van der Waals surface area contributed by atoms with E-state index in [1.165, 1.54) is 0 Å². The maximum absolute atomic E-state index is 11.4. The standard InChI is InChI=1S/C9H12N2O6/c12-3-4-6(14)7(15)8(17-4)11-2-1-5(13)10-9(11)16/h1-2,4,6-8,12,14-15H,3H2,(H,10,13,16)/t4?,6-,7+,8?/m0/s1. The van der Waals surface area contributed by atoms with Crippen molar-refractivity contribution in [2.24, 2.45) is 0 Å². The molecule has 0 bridgehead atoms. The van der Waals surface area contributed by atoms with Crippen LogP contribution in [-0.2, 0) is 4.74 Å². The number of aliphatic hydroxyl groups is 3. The van der Waals surface area contributed by atoms with Crippen LogP contribution in [0.3, 0.4) is 0 Å². The quantitative estimate of drug-likeness (QED) is 0.444. The average Bonchev–Trinajstić information content (AvgIpc) is 2.57. The van der Waals surface area contributed by atoms with Crippen molar-refractivity contribution in [2.45, 2.75) is 24.5 Å². The van der Waals surface area contributed by atoms with Crippen molar-refractivity contribution in [1.29, 1.82) is 0 Å². The summed E-state index contributed by atoms with van der Waals surface area (Å²) in [6.07, 6.45) is -3.58. The highest BCUT2D eigenvalue weighted by Crippen LogP contribution is 2.27. The van der Waals surface area contributed by atoms with Crippen molar-refractivity contribution in [1.82, 2.24) is 9.55 Å². The summed E-state index contributed by atoms with van der Waals surface area (Å²) < 4.78 is 6.08. The predicted molar refractivity (Wildman–Crippen MR) is 54.3 cm³/mol. The van der Waals surface area contributed by atoms with E-state index in [2.05, 4.69) is 0 Å². The van der Waals surface area contributed by atoms with Crippen molar-refractivity contribution in [3.63, 3.8) is 0 Å². The molecule has 1 aliphatic rings. The molecular weight excluding hydrogens is 232 g/mol. The average molecular weight is 244 g/mol. The number of hydrogen-bond acceptors (Lipinski definition) is 6. The molecule has 1 saturated heterocycles. The third-order valence-corrected chi connectivity index (χ3v) is 2.64. The van der Waals surface area contributed by atoms with Gasteiger partial charge in [-0.2, -0.15) is 0 Å². The monoisotopic (exact) mass is 244 g/mol. The van der Waals surface area contributed by atoms with Gasteiger partial charge in [-0.3, -0.25) is 14.3 Å². The predicted octanol–water partition coefficient (Wildman–Crippen LogP) is -2.85. The Labute approximate surface area is 94.7 Å². The normalized spacial score (nSPS) is 32.9. The van der Waals surface area contributed by atoms with Gasteiger partial charge in [0.15, 0.2) is 6.23 Å². The summed E-state index contributed by atoms with van der Waals surface area (Å²) in [7, 11) is 0. The molecule has 0 radical (unpaired) electrons. The van der Waals surface area contributed by atoms with Crippen LogP contribution in [0.5, 0.6) is 0 Å². The van der Waals surface area contributed by atoms with Crippen LogP contribution in [0.15, 0.2) is 21.9 Å². The van der Waals surface area contributed by atoms with Gasteiger partial charge >= 0.3 is 5.69 Å². The summed E-state index contributed by atoms with van der Waals surface area (Å²) in [6, 6.07) is 1.09. The van der Waals surface area contributed by atoms with Crippen molar-refractivity contribution in [2.75, 3.05) is 6.61 Å². The summed E-state index contributed by atoms with van der Waals surface area (Å²) in [5.41, 5.74) is -1.33. The van der Waals surface area contributed by atoms with E-state index in [4.69, 9.17) is 9.84 Å². The lowest BCUT2D eigenvalue weighted by Gasteiger charge is -2.16. The molecule has 94 valence electrons. The lowest BCUT2D eigenvalue weighted by molar-refractivity contribution is -0.0550. The second-order valence-electron chi connectivity index (χ2n) is 3.75. The molecule has 1 aliphatic heterocycles. The zero-order valence-electron chi connectivity index (χ0n) is 8.68. The zero-order valence-corrected chi connectivity index (χ0v) is 8.68. The van der Waals surface area contributed by atoms with Gasteiger partial charge in [0, 0.05) is 12.3 Å². The molecule has 0 saturated carbocycles. The molecule has 2 heterocycles. The van der Waals surface area contributed by atoms with Crippen molar-refractivity contribution in [3.8, 4) is 0 Å². The van der Waals surface area contributed by atoms with Crippen molar-refractivity contribution >= 4 is 0 Å². The highest BCUT2D eigenvalue weighted by molar-refractivity contribution is 4.92. The van der Waals surface area contributed by atoms with Crippen LogP contribution in [0, 0.1) is 0 Å². The van der Waals surface area contributed by atoms with E-state index >= 15 is 0 Å². The summed E-state index contributed by atoms with van der Waals surface area (Å²) in [5, 5.41) is 28.1. The first-order valence-electron chi connectivity index (χ1n) is 4.98. The van der Waals surface area contributed by atoms with E-state index in [-0.39, 0.29) is 0 Å². The first-order valence-corrected chi connectivity index (χ1v) is 4.98. The molecule has 4 N–H and O–H groups in total. The van der Waals surface area contributed by atoms with Crippen LogP contribution in [-0.4, -0.2) is 49.8 Å². The van der Waals surface area contributed by atoms with Crippen LogP contribution in [0.1, 0.15) is 6.23 Å². The topological polar surface area (TPSA) is 125 Å². The maximum Gasteiger partial charge on any atom is 0.330 e. The van der Waals surface area contributed by atoms with Crippen molar-refractivity contribution in [3.05, 3.63) is 33.1 Å². The minimum absolute atomic E-state index is 0.479. The van der Waals surface area contributed by atoms with E-state index in [1.807, 2.05) is 4.98 Å². The Morgan fingerprint density at radius 1 is 1.35 bits per heavy atom. The fourth-order valence-corrected chi connectivity index (χ4v) is 1.74. The molecule has 17 heavy (non-hydrogen) atoms. The summed E-state index contributed by atoms with van der Waals surface area (Å²) in [4.78, 5) is 24.3. The number of rotatable bonds is 2. The number of aromatic nitrogens is 2. The van der Waals surface area contributed by atoms with E-state index in [0.29, 0.717) is 0 Å². The Bertz CT molecular complexity index is 509. The largest absolute Gasteiger partial charge is 0.394 e. The second-order valence-corrected chi connectivity index (χ2v) is 3.75. The Kier molecular flexibility index (Phi) is 3.11. The number of hydrogen-bond donors (Lipinski definition) is 4. The van der Waals surface area contributed by atoms with Crippen LogP contribution in [0.25, 0.3) is 0 Å². The minimum atomic E-state index is -1.35. The van der Waals surface area contributed by atoms with Gasteiger partial charge in [0.2, 0.25) is 0 Å². The molecule has 1 aromatic heterocycles. The molecule has 8 heteroatoms. The Balaban J connectivity index is 2.35. The summed E-state index contributed by atoms with van der Waals surface area (Å²) in [5.74, 6) is 0. The van der Waals surface area contributed by atoms with Crippen molar-refractivity contribution < 1.29 is 20.1 Å². The molecule has 2 rings (SSSR count). The lowest BCUT2D eigenvalue weighted by atomic mass is 10.1. The Morgan fingerprint density at radius 3 is 2.59 bits per heavy atom. The Morgan fingerprint density at radius 2 is 2.06 bits per heavy atom. The molecule has 0 spiro atoms. The van der Waals surface area contributed by atoms with E-state index in [1.54, 1.807) is 0 Å². The second kappa shape index (κ2) is 4.41. The zero-order chi connectivity index (χ0) is 12.6. The van der Waals surface area contributed by atoms with E-state index < -0.39 is 42.4 Å². The first kappa shape index (κ1) is 12.0. The number of H-pyrrole nitrogens is 1. The number of ether oxygens (including phenoxy) is 1. The number of nitrogens with zero attached hydrogens (tertiary/aromatic N) is 1. The third-order valence-electron chi connectivity index (χ3n) is 2.64. The molecule has 1 aromatic rings. The first-order chi connectivity index (χ1) is 8.04. The van der Waals surface area contributed by atoms with Gasteiger partial charge in [0.25, 0.3) is 5.56 Å². The fraction of sp³-hybridized carbons (Fsp3) is 0.556. The third kappa shape index (κ3) is 2.03. The molecule has 0 amide bonds. The van der Waals surface area contributed by atoms with Crippen LogP contribution in [0.2, 0.25) is 0 Å². The number of nitrogens with one attached hydrogen (secondary N) is 1. The van der Waals surface area contributed by atoms with Crippen LogP contribution in [0.4, 0.5) is 0 Å². The molecular formula is C9H12N2O6. The molecule has 2 unspecified atom stereocenters. The lowest BCUT2D eigenvalue weighted by Crippen LogP contribution is -2.37. The molecule has 1 fully saturated rings. The van der Waals surface area contributed by atoms with Crippen LogP contribution >= 0.6 is 0 Å². The molecule has 0 aromatic carbocycles. The van der Waals surface area contributed by atoms with Gasteiger partial charge in [-0.15, -0.1) is 0 Å². The van der Waals surface area contributed by atoms with Gasteiger partial charge < -0.3 is 20.1 Å². The Hall–Kier alpha value is -1.48. The molecule has 0 aliphatic carbocycles. The molecule has 4 atom stereocenters. The van der Waals surface area contributed by atoms with Gasteiger partial charge in [-0.05, 0) is 0 Å². The highest BCUT2D eigenvalue weighted by Gasteiger charge is 2.43. The maximum atomic E-state index is 11.4. The fourth-order valence-electron chi connectivity index (χ4n) is 1.74. The van der Waals surface area contributed by atoms with Gasteiger partial charge in [0.05, 0.1) is 6.61 Å². The molecule has 8 nitrogen and oxygen atoms in total. The smallest absolute Gasteiger partial charge is 0.330 e. The van der Waals surface area contributed by atoms with E-state index in [0.717, 1.165) is 16.8 Å². The summed E-state index contributed by atoms with van der Waals surface area (Å²) in [6.45, 7) is -0.479. The van der Waals surface area contributed by atoms with Gasteiger partial charge in [-0.1, -0.05) is 0 Å². The van der Waals surface area contributed by atoms with Gasteiger partial charge in [-0.25, -0.2) is 4.79 Å².